The lowest BCUT2D eigenvalue weighted by Crippen LogP contribution is -2.30. The van der Waals surface area contributed by atoms with Crippen LogP contribution in [0.1, 0.15) is 31.8 Å². The number of rotatable bonds is 8. The second-order valence-corrected chi connectivity index (χ2v) is 9.81. The van der Waals surface area contributed by atoms with Crippen LogP contribution < -0.4 is 0 Å². The van der Waals surface area contributed by atoms with Crippen LogP contribution in [0.25, 0.3) is 10.9 Å². The highest BCUT2D eigenvalue weighted by molar-refractivity contribution is 7.39. The van der Waals surface area contributed by atoms with Gasteiger partial charge in [0.15, 0.2) is 18.5 Å². The van der Waals surface area contributed by atoms with E-state index >= 15 is 0 Å². The first-order chi connectivity index (χ1) is 17.5. The highest BCUT2D eigenvalue weighted by atomic mass is 31.1. The number of benzene rings is 2. The molecule has 1 aliphatic rings. The summed E-state index contributed by atoms with van der Waals surface area (Å²) >= 11 is 0. The molecule has 0 saturated carbocycles. The monoisotopic (exact) mass is 538 g/mol. The van der Waals surface area contributed by atoms with Crippen molar-refractivity contribution in [3.63, 3.8) is 0 Å². The fraction of sp³-hybridized carbons (Fsp3) is 0.292. The average molecular weight is 538 g/mol. The van der Waals surface area contributed by atoms with Crippen molar-refractivity contribution in [2.45, 2.75) is 19.3 Å². The van der Waals surface area contributed by atoms with Crippen molar-refractivity contribution in [3.8, 4) is 5.75 Å². The van der Waals surface area contributed by atoms with Gasteiger partial charge in [-0.25, -0.2) is 4.39 Å². The van der Waals surface area contributed by atoms with Gasteiger partial charge in [0.1, 0.15) is 11.3 Å². The number of hydrogen-bond acceptors (Lipinski definition) is 6. The molecule has 2 aromatic carbocycles. The maximum absolute atomic E-state index is 13.5. The van der Waals surface area contributed by atoms with Crippen molar-refractivity contribution in [1.29, 1.82) is 0 Å². The molecule has 3 aromatic rings. The first-order valence-corrected chi connectivity index (χ1v) is 12.4. The zero-order valence-electron chi connectivity index (χ0n) is 19.5. The second-order valence-electron chi connectivity index (χ2n) is 8.44. The van der Waals surface area contributed by atoms with Gasteiger partial charge in [0.25, 0.3) is 11.8 Å². The third-order valence-corrected chi connectivity index (χ3v) is 6.81. The molecule has 0 fully saturated rings. The number of phenolic OH excluding ortho intramolecular Hbond substituents is 1. The van der Waals surface area contributed by atoms with Crippen molar-refractivity contribution < 1.29 is 41.3 Å². The molecule has 0 aliphatic carbocycles. The highest BCUT2D eigenvalue weighted by Crippen LogP contribution is 2.40. The van der Waals surface area contributed by atoms with Crippen LogP contribution in [0.5, 0.6) is 5.75 Å². The van der Waals surface area contributed by atoms with Crippen LogP contribution >= 0.6 is 8.03 Å². The number of fused-ring (bicyclic) bond motifs is 2. The fourth-order valence-corrected chi connectivity index (χ4v) is 4.95. The van der Waals surface area contributed by atoms with Crippen molar-refractivity contribution in [2.24, 2.45) is 0 Å². The lowest BCUT2D eigenvalue weighted by Gasteiger charge is -2.19. The van der Waals surface area contributed by atoms with Gasteiger partial charge in [0, 0.05) is 37.3 Å². The summed E-state index contributed by atoms with van der Waals surface area (Å²) in [7, 11) is -1.29. The molecule has 2 heterocycles. The molecule has 1 aliphatic heterocycles. The van der Waals surface area contributed by atoms with E-state index in [0.29, 0.717) is 5.56 Å². The summed E-state index contributed by atoms with van der Waals surface area (Å²) in [6.45, 7) is -1.77. The van der Waals surface area contributed by atoms with Crippen LogP contribution in [-0.4, -0.2) is 64.2 Å². The normalized spacial score (nSPS) is 13.7. The van der Waals surface area contributed by atoms with Crippen LogP contribution in [0.15, 0.2) is 42.6 Å². The maximum Gasteiger partial charge on any atom is 0.510 e. The second kappa shape index (κ2) is 10.4. The van der Waals surface area contributed by atoms with E-state index in [-0.39, 0.29) is 59.1 Å². The molecule has 1 unspecified atom stereocenters. The molecule has 2 amide bonds. The number of hydrogen-bond donors (Lipinski definition) is 1. The van der Waals surface area contributed by atoms with E-state index in [1.807, 2.05) is 0 Å². The van der Waals surface area contributed by atoms with Crippen molar-refractivity contribution in [1.82, 2.24) is 14.8 Å². The van der Waals surface area contributed by atoms with Gasteiger partial charge in [-0.1, -0.05) is 18.2 Å². The number of pyridine rings is 1. The van der Waals surface area contributed by atoms with E-state index in [2.05, 4.69) is 9.51 Å². The summed E-state index contributed by atoms with van der Waals surface area (Å²) in [5.74, 6) is -1.94. The Balaban J connectivity index is 1.63. The third kappa shape index (κ3) is 5.70. The fourth-order valence-electron chi connectivity index (χ4n) is 4.07. The Morgan fingerprint density at radius 3 is 2.62 bits per heavy atom. The molecule has 0 bridgehead atoms. The molecular formula is C24H21F4N3O5P+. The minimum absolute atomic E-state index is 0.0260. The predicted octanol–water partition coefficient (Wildman–Crippen LogP) is 4.63. The molecule has 194 valence electrons. The molecule has 4 rings (SSSR count). The average Bonchev–Trinajstić information content (AvgIpc) is 3.17. The lowest BCUT2D eigenvalue weighted by atomic mass is 9.95. The molecule has 8 nitrogen and oxygen atoms in total. The Kier molecular flexibility index (Phi) is 7.42. The van der Waals surface area contributed by atoms with Gasteiger partial charge < -0.3 is 14.9 Å². The Morgan fingerprint density at radius 2 is 1.95 bits per heavy atom. The van der Waals surface area contributed by atoms with Crippen LogP contribution in [0, 0.1) is 5.82 Å². The maximum atomic E-state index is 13.5. The van der Waals surface area contributed by atoms with Gasteiger partial charge in [0.2, 0.25) is 0 Å². The molecule has 0 radical (unpaired) electrons. The van der Waals surface area contributed by atoms with Crippen molar-refractivity contribution >= 4 is 30.7 Å². The quantitative estimate of drug-likeness (QED) is 0.332. The number of aromatic hydroxyl groups is 1. The summed E-state index contributed by atoms with van der Waals surface area (Å²) in [5.41, 5.74) is 0.955. The number of aromatic nitrogens is 1. The zero-order valence-corrected chi connectivity index (χ0v) is 20.4. The Morgan fingerprint density at radius 1 is 1.24 bits per heavy atom. The molecule has 1 aromatic heterocycles. The van der Waals surface area contributed by atoms with E-state index in [9.17, 15) is 36.8 Å². The highest BCUT2D eigenvalue weighted by Gasteiger charge is 2.38. The van der Waals surface area contributed by atoms with Gasteiger partial charge in [0.05, 0.1) is 17.7 Å². The number of amides is 2. The van der Waals surface area contributed by atoms with Gasteiger partial charge in [-0.3, -0.25) is 14.6 Å². The van der Waals surface area contributed by atoms with Gasteiger partial charge in [-0.15, -0.1) is 4.52 Å². The molecule has 13 heteroatoms. The smallest absolute Gasteiger partial charge is 0.505 e. The Labute approximate surface area is 209 Å². The summed E-state index contributed by atoms with van der Waals surface area (Å²) < 4.78 is 66.4. The van der Waals surface area contributed by atoms with Crippen molar-refractivity contribution in [3.05, 3.63) is 70.7 Å². The van der Waals surface area contributed by atoms with E-state index in [4.69, 9.17) is 0 Å². The summed E-state index contributed by atoms with van der Waals surface area (Å²) in [4.78, 5) is 33.4. The first-order valence-electron chi connectivity index (χ1n) is 11.0. The van der Waals surface area contributed by atoms with E-state index in [1.165, 1.54) is 42.4 Å². The minimum atomic E-state index is -4.63. The third-order valence-electron chi connectivity index (χ3n) is 5.83. The molecular weight excluding hydrogens is 517 g/mol. The molecule has 0 saturated heterocycles. The Bertz CT molecular complexity index is 1380. The van der Waals surface area contributed by atoms with E-state index in [0.717, 1.165) is 4.90 Å². The number of halogens is 4. The van der Waals surface area contributed by atoms with E-state index in [1.54, 1.807) is 12.1 Å². The van der Waals surface area contributed by atoms with Crippen LogP contribution in [0.2, 0.25) is 0 Å². The standard InChI is InChI=1S/C24H20F4N3O5P/c1-30(9-10-37(35)36-13-24(26,27)28)22(33)18-16-3-2-8-29-20(16)21(32)19-17(18)12-31(23(19)34)11-14-4-6-15(25)7-5-14/h2-8H,9-13H2,1H3/p+1. The lowest BCUT2D eigenvalue weighted by molar-refractivity contribution is -0.152. The Hall–Kier alpha value is -3.63. The number of nitrogens with zero attached hydrogens (tertiary/aromatic N) is 3. The summed E-state index contributed by atoms with van der Waals surface area (Å²) in [6, 6.07) is 8.66. The number of carbonyl (C=O) groups excluding carboxylic acids is 2. The summed E-state index contributed by atoms with van der Waals surface area (Å²) in [6.07, 6.45) is -3.57. The van der Waals surface area contributed by atoms with Crippen LogP contribution in [0.3, 0.4) is 0 Å². The summed E-state index contributed by atoms with van der Waals surface area (Å²) in [5, 5.41) is 11.2. The van der Waals surface area contributed by atoms with Crippen molar-refractivity contribution in [2.75, 3.05) is 26.4 Å². The van der Waals surface area contributed by atoms with E-state index < -0.39 is 38.4 Å². The zero-order chi connectivity index (χ0) is 26.9. The number of carbonyl (C=O) groups is 2. The van der Waals surface area contributed by atoms with Crippen LogP contribution in [-0.2, 0) is 22.2 Å². The predicted molar refractivity (Wildman–Crippen MR) is 125 cm³/mol. The molecule has 37 heavy (non-hydrogen) atoms. The first kappa shape index (κ1) is 26.4. The SMILES string of the molecule is CN(CC[P+](=O)OCC(F)(F)F)C(=O)c1c2c(c(O)c3ncccc13)C(=O)N(Cc1ccc(F)cc1)C2. The van der Waals surface area contributed by atoms with Gasteiger partial charge >= 0.3 is 14.2 Å². The number of alkyl halides is 3. The molecule has 1 atom stereocenters. The largest absolute Gasteiger partial charge is 0.510 e. The van der Waals surface area contributed by atoms with Crippen LogP contribution in [0.4, 0.5) is 17.6 Å². The topological polar surface area (TPSA) is 100 Å². The minimum Gasteiger partial charge on any atom is -0.505 e. The molecule has 1 N–H and O–H groups in total. The van der Waals surface area contributed by atoms with Gasteiger partial charge in [-0.2, -0.15) is 13.2 Å². The number of phenols is 1. The molecule has 0 spiro atoms. The van der Waals surface area contributed by atoms with Gasteiger partial charge in [-0.05, 0) is 28.3 Å².